The van der Waals surface area contributed by atoms with Gasteiger partial charge < -0.3 is 5.11 Å². The number of nitrogens with zero attached hydrogens (tertiary/aromatic N) is 4. The first-order chi connectivity index (χ1) is 10.2. The van der Waals surface area contributed by atoms with Gasteiger partial charge in [0.1, 0.15) is 6.04 Å². The van der Waals surface area contributed by atoms with Crippen molar-refractivity contribution in [3.05, 3.63) is 41.2 Å². The molecule has 4 atom stereocenters. The first kappa shape index (κ1) is 12.5. The highest BCUT2D eigenvalue weighted by molar-refractivity contribution is 5.71. The Kier molecular flexibility index (Phi) is 2.60. The van der Waals surface area contributed by atoms with E-state index >= 15 is 0 Å². The van der Waals surface area contributed by atoms with E-state index in [1.54, 1.807) is 6.92 Å². The number of aliphatic carboxylic acids is 1. The van der Waals surface area contributed by atoms with Gasteiger partial charge in [-0.05, 0) is 53.2 Å². The Labute approximate surface area is 121 Å². The zero-order valence-electron chi connectivity index (χ0n) is 11.7. The Morgan fingerprint density at radius 1 is 1.38 bits per heavy atom. The van der Waals surface area contributed by atoms with Crippen LogP contribution in [0.15, 0.2) is 24.3 Å². The Balaban J connectivity index is 1.69. The average Bonchev–Trinajstić information content (AvgIpc) is 3.04. The number of hydrogen-bond acceptors (Lipinski definition) is 4. The van der Waals surface area contributed by atoms with E-state index in [0.29, 0.717) is 11.8 Å². The van der Waals surface area contributed by atoms with Gasteiger partial charge in [-0.1, -0.05) is 24.3 Å². The third-order valence-electron chi connectivity index (χ3n) is 4.87. The maximum absolute atomic E-state index is 11.2. The van der Waals surface area contributed by atoms with Crippen molar-refractivity contribution in [1.82, 2.24) is 20.2 Å². The monoisotopic (exact) mass is 284 g/mol. The van der Waals surface area contributed by atoms with Gasteiger partial charge in [0, 0.05) is 5.92 Å². The predicted molar refractivity (Wildman–Crippen MR) is 73.9 cm³/mol. The number of carboxylic acid groups (broad SMARTS) is 1. The van der Waals surface area contributed by atoms with Gasteiger partial charge in [0.15, 0.2) is 5.82 Å². The summed E-state index contributed by atoms with van der Waals surface area (Å²) in [4.78, 5) is 11.2. The molecule has 4 unspecified atom stereocenters. The number of fused-ring (bicyclic) bond motifs is 3. The van der Waals surface area contributed by atoms with Crippen LogP contribution in [0.3, 0.4) is 0 Å². The number of aromatic nitrogens is 4. The highest BCUT2D eigenvalue weighted by Gasteiger charge is 2.56. The molecule has 1 aromatic heterocycles. The van der Waals surface area contributed by atoms with Gasteiger partial charge in [0.25, 0.3) is 0 Å². The second-order valence-electron chi connectivity index (χ2n) is 5.95. The molecule has 1 N–H and O–H groups in total. The molecule has 2 aliphatic carbocycles. The lowest BCUT2D eigenvalue weighted by Gasteiger charge is -2.13. The van der Waals surface area contributed by atoms with Gasteiger partial charge in [-0.3, -0.25) is 0 Å². The van der Waals surface area contributed by atoms with Crippen LogP contribution >= 0.6 is 0 Å². The number of hydrogen-bond donors (Lipinski definition) is 1. The molecular formula is C15H16N4O2. The van der Waals surface area contributed by atoms with Crippen LogP contribution in [0.4, 0.5) is 0 Å². The SMILES string of the molecule is CC(C(=O)O)n1nnnc1C1C2CCc3ccccc3C21. The largest absolute Gasteiger partial charge is 0.480 e. The van der Waals surface area contributed by atoms with E-state index in [4.69, 9.17) is 0 Å². The Hall–Kier alpha value is -2.24. The minimum atomic E-state index is -0.910. The fraction of sp³-hybridized carbons (Fsp3) is 0.467. The van der Waals surface area contributed by atoms with Crippen LogP contribution in [0.5, 0.6) is 0 Å². The van der Waals surface area contributed by atoms with E-state index in [2.05, 4.69) is 39.8 Å². The molecule has 0 saturated heterocycles. The van der Waals surface area contributed by atoms with E-state index in [1.165, 1.54) is 15.8 Å². The topological polar surface area (TPSA) is 80.9 Å². The average molecular weight is 284 g/mol. The van der Waals surface area contributed by atoms with Gasteiger partial charge in [-0.15, -0.1) is 5.10 Å². The predicted octanol–water partition coefficient (Wildman–Crippen LogP) is 1.76. The number of carbonyl (C=O) groups is 1. The molecule has 1 aromatic carbocycles. The molecule has 0 spiro atoms. The molecule has 1 fully saturated rings. The van der Waals surface area contributed by atoms with Gasteiger partial charge >= 0.3 is 5.97 Å². The standard InChI is InChI=1S/C15H16N4O2/c1-8(15(20)21)19-14(16-17-18-19)13-11-7-6-9-4-2-3-5-10(9)12(11)13/h2-5,8,11-13H,6-7H2,1H3,(H,20,21). The molecule has 1 heterocycles. The van der Waals surface area contributed by atoms with Crippen molar-refractivity contribution in [2.45, 2.75) is 37.6 Å². The van der Waals surface area contributed by atoms with Crippen molar-refractivity contribution in [1.29, 1.82) is 0 Å². The highest BCUT2D eigenvalue weighted by Crippen LogP contribution is 2.64. The fourth-order valence-electron chi connectivity index (χ4n) is 3.72. The summed E-state index contributed by atoms with van der Waals surface area (Å²) in [5, 5.41) is 20.9. The number of rotatable bonds is 3. The molecular weight excluding hydrogens is 268 g/mol. The first-order valence-electron chi connectivity index (χ1n) is 7.27. The highest BCUT2D eigenvalue weighted by atomic mass is 16.4. The summed E-state index contributed by atoms with van der Waals surface area (Å²) in [6.45, 7) is 1.61. The van der Waals surface area contributed by atoms with Crippen molar-refractivity contribution in [2.75, 3.05) is 0 Å². The van der Waals surface area contributed by atoms with E-state index in [0.717, 1.165) is 18.7 Å². The van der Waals surface area contributed by atoms with Crippen molar-refractivity contribution < 1.29 is 9.90 Å². The van der Waals surface area contributed by atoms with Gasteiger partial charge in [0.05, 0.1) is 0 Å². The summed E-state index contributed by atoms with van der Waals surface area (Å²) in [6.07, 6.45) is 2.21. The molecule has 21 heavy (non-hydrogen) atoms. The smallest absolute Gasteiger partial charge is 0.328 e. The minimum Gasteiger partial charge on any atom is -0.480 e. The minimum absolute atomic E-state index is 0.255. The number of carboxylic acids is 1. The Bertz CT molecular complexity index is 711. The quantitative estimate of drug-likeness (QED) is 0.928. The lowest BCUT2D eigenvalue weighted by Crippen LogP contribution is -2.19. The summed E-state index contributed by atoms with van der Waals surface area (Å²) in [5.41, 5.74) is 2.79. The van der Waals surface area contributed by atoms with Crippen molar-refractivity contribution in [3.8, 4) is 0 Å². The third kappa shape index (κ3) is 1.78. The van der Waals surface area contributed by atoms with Crippen LogP contribution in [0, 0.1) is 5.92 Å². The van der Waals surface area contributed by atoms with Crippen molar-refractivity contribution in [2.24, 2.45) is 5.92 Å². The summed E-state index contributed by atoms with van der Waals surface area (Å²) in [6, 6.07) is 7.78. The molecule has 1 saturated carbocycles. The molecule has 2 aliphatic rings. The molecule has 6 nitrogen and oxygen atoms in total. The van der Waals surface area contributed by atoms with E-state index in [1.807, 2.05) is 0 Å². The summed E-state index contributed by atoms with van der Waals surface area (Å²) >= 11 is 0. The molecule has 0 aliphatic heterocycles. The molecule has 0 radical (unpaired) electrons. The zero-order valence-corrected chi connectivity index (χ0v) is 11.7. The van der Waals surface area contributed by atoms with Crippen LogP contribution in [0.25, 0.3) is 0 Å². The van der Waals surface area contributed by atoms with Crippen molar-refractivity contribution in [3.63, 3.8) is 0 Å². The lowest BCUT2D eigenvalue weighted by atomic mass is 9.92. The second kappa shape index (κ2) is 4.38. The second-order valence-corrected chi connectivity index (χ2v) is 5.95. The molecule has 108 valence electrons. The normalized spacial score (nSPS) is 27.6. The van der Waals surface area contributed by atoms with Crippen LogP contribution in [0.2, 0.25) is 0 Å². The Morgan fingerprint density at radius 3 is 3.00 bits per heavy atom. The number of aryl methyl sites for hydroxylation is 1. The summed E-state index contributed by atoms with van der Waals surface area (Å²) in [7, 11) is 0. The molecule has 4 rings (SSSR count). The summed E-state index contributed by atoms with van der Waals surface area (Å²) < 4.78 is 1.47. The van der Waals surface area contributed by atoms with Gasteiger partial charge in [0.2, 0.25) is 0 Å². The number of tetrazole rings is 1. The lowest BCUT2D eigenvalue weighted by molar-refractivity contribution is -0.140. The molecule has 0 bridgehead atoms. The molecule has 2 aromatic rings. The third-order valence-corrected chi connectivity index (χ3v) is 4.87. The van der Waals surface area contributed by atoms with Crippen LogP contribution < -0.4 is 0 Å². The maximum Gasteiger partial charge on any atom is 0.328 e. The summed E-state index contributed by atoms with van der Waals surface area (Å²) in [5.74, 6) is 1.06. The molecule has 0 amide bonds. The van der Waals surface area contributed by atoms with Gasteiger partial charge in [-0.2, -0.15) is 0 Å². The van der Waals surface area contributed by atoms with Crippen LogP contribution in [-0.2, 0) is 11.2 Å². The maximum atomic E-state index is 11.2. The van der Waals surface area contributed by atoms with E-state index < -0.39 is 12.0 Å². The Morgan fingerprint density at radius 2 is 2.19 bits per heavy atom. The van der Waals surface area contributed by atoms with Crippen molar-refractivity contribution >= 4 is 5.97 Å². The van der Waals surface area contributed by atoms with Gasteiger partial charge in [-0.25, -0.2) is 9.48 Å². The van der Waals surface area contributed by atoms with E-state index in [-0.39, 0.29) is 5.92 Å². The van der Waals surface area contributed by atoms with Crippen LogP contribution in [0.1, 0.15) is 48.2 Å². The fourth-order valence-corrected chi connectivity index (χ4v) is 3.72. The molecule has 6 heteroatoms. The zero-order chi connectivity index (χ0) is 14.6. The van der Waals surface area contributed by atoms with Crippen LogP contribution in [-0.4, -0.2) is 31.3 Å². The number of benzene rings is 1. The first-order valence-corrected chi connectivity index (χ1v) is 7.27. The van der Waals surface area contributed by atoms with E-state index in [9.17, 15) is 9.90 Å².